The van der Waals surface area contributed by atoms with Gasteiger partial charge in [0, 0.05) is 25.0 Å². The van der Waals surface area contributed by atoms with E-state index in [9.17, 15) is 18.0 Å². The average molecular weight is 418 g/mol. The Balaban J connectivity index is 2.43. The van der Waals surface area contributed by atoms with Gasteiger partial charge in [-0.3, -0.25) is 5.41 Å². The first-order chi connectivity index (χ1) is 13.6. The number of hydrogen-bond donors (Lipinski definition) is 3. The van der Waals surface area contributed by atoms with Crippen LogP contribution < -0.4 is 10.6 Å². The van der Waals surface area contributed by atoms with Crippen LogP contribution in [0.3, 0.4) is 0 Å². The highest BCUT2D eigenvalue weighted by Crippen LogP contribution is 2.23. The summed E-state index contributed by atoms with van der Waals surface area (Å²) in [6.45, 7) is 6.17. The van der Waals surface area contributed by atoms with Crippen LogP contribution in [0.5, 0.6) is 0 Å². The second-order valence-corrected chi connectivity index (χ2v) is 6.65. The lowest BCUT2D eigenvalue weighted by atomic mass is 10.1. The largest absolute Gasteiger partial charge is 0.475 e. The summed E-state index contributed by atoms with van der Waals surface area (Å²) >= 11 is 0. The van der Waals surface area contributed by atoms with Crippen LogP contribution in [0.4, 0.5) is 18.0 Å². The van der Waals surface area contributed by atoms with Crippen LogP contribution in [-0.4, -0.2) is 52.1 Å². The lowest BCUT2D eigenvalue weighted by molar-refractivity contribution is -0.136. The predicted molar refractivity (Wildman–Crippen MR) is 103 cm³/mol. The van der Waals surface area contributed by atoms with Gasteiger partial charge in [0.05, 0.1) is 6.61 Å². The Morgan fingerprint density at radius 3 is 2.72 bits per heavy atom. The summed E-state index contributed by atoms with van der Waals surface area (Å²) in [6, 6.07) is -1.07. The number of halogens is 3. The van der Waals surface area contributed by atoms with Crippen LogP contribution in [0, 0.1) is 5.41 Å². The molecule has 0 aliphatic rings. The van der Waals surface area contributed by atoms with E-state index in [1.54, 1.807) is 23.8 Å². The van der Waals surface area contributed by atoms with Crippen molar-refractivity contribution < 1.29 is 22.7 Å². The molecule has 2 amide bonds. The summed E-state index contributed by atoms with van der Waals surface area (Å²) in [5.41, 5.74) is 0. The second kappa shape index (κ2) is 12.1. The molecule has 1 heterocycles. The number of hydrogen-bond acceptors (Lipinski definition) is 5. The highest BCUT2D eigenvalue weighted by atomic mass is 19.4. The predicted octanol–water partition coefficient (Wildman–Crippen LogP) is 3.57. The summed E-state index contributed by atoms with van der Waals surface area (Å²) in [4.78, 5) is 15.6. The standard InChI is InChI=1S/C18H29F3N6O2/c1-4-23-17(28)26-14(9-10-18(19,20)21)8-6-5-7-11-29-15(22)16-24-12-25-27(16)13(2)3/h5-6,12-14,22H,4,7-11H2,1-3H3,(H2,23,26,28)/b6-5+,22-15?/t14-/m1/s1. The van der Waals surface area contributed by atoms with Gasteiger partial charge in [-0.2, -0.15) is 18.3 Å². The van der Waals surface area contributed by atoms with E-state index in [0.29, 0.717) is 18.8 Å². The zero-order valence-electron chi connectivity index (χ0n) is 16.9. The molecule has 1 rings (SSSR count). The lowest BCUT2D eigenvalue weighted by Gasteiger charge is -2.18. The summed E-state index contributed by atoms with van der Waals surface area (Å²) in [6.07, 6.45) is 0.117. The van der Waals surface area contributed by atoms with Crippen molar-refractivity contribution in [3.8, 4) is 0 Å². The zero-order valence-corrected chi connectivity index (χ0v) is 16.9. The molecule has 1 aromatic rings. The normalized spacial score (nSPS) is 12.9. The Hall–Kier alpha value is -2.59. The molecular formula is C18H29F3N6O2. The Morgan fingerprint density at radius 2 is 2.10 bits per heavy atom. The van der Waals surface area contributed by atoms with Crippen molar-refractivity contribution in [2.24, 2.45) is 0 Å². The van der Waals surface area contributed by atoms with Crippen molar-refractivity contribution in [2.75, 3.05) is 13.2 Å². The number of amides is 2. The number of ether oxygens (including phenoxy) is 1. The highest BCUT2D eigenvalue weighted by molar-refractivity contribution is 5.87. The lowest BCUT2D eigenvalue weighted by Crippen LogP contribution is -2.42. The molecule has 0 aliphatic carbocycles. The maximum Gasteiger partial charge on any atom is 0.389 e. The number of carbonyl (C=O) groups excluding carboxylic acids is 1. The monoisotopic (exact) mass is 418 g/mol. The van der Waals surface area contributed by atoms with Crippen molar-refractivity contribution in [1.29, 1.82) is 5.41 Å². The molecule has 0 spiro atoms. The fourth-order valence-electron chi connectivity index (χ4n) is 2.45. The molecule has 164 valence electrons. The number of urea groups is 1. The molecule has 3 N–H and O–H groups in total. The Labute approximate surface area is 168 Å². The number of nitrogens with one attached hydrogen (secondary N) is 3. The van der Waals surface area contributed by atoms with Gasteiger partial charge in [0.2, 0.25) is 5.82 Å². The summed E-state index contributed by atoms with van der Waals surface area (Å²) in [5.74, 6) is 0.243. The Morgan fingerprint density at radius 1 is 1.38 bits per heavy atom. The number of alkyl halides is 3. The van der Waals surface area contributed by atoms with Gasteiger partial charge >= 0.3 is 12.2 Å². The maximum absolute atomic E-state index is 12.5. The van der Waals surface area contributed by atoms with Crippen LogP contribution in [0.25, 0.3) is 0 Å². The first-order valence-corrected chi connectivity index (χ1v) is 9.51. The first-order valence-electron chi connectivity index (χ1n) is 9.51. The van der Waals surface area contributed by atoms with Crippen molar-refractivity contribution in [1.82, 2.24) is 25.4 Å². The molecule has 8 nitrogen and oxygen atoms in total. The Bertz CT molecular complexity index is 673. The molecule has 1 aromatic heterocycles. The molecule has 11 heteroatoms. The van der Waals surface area contributed by atoms with Gasteiger partial charge in [0.25, 0.3) is 5.90 Å². The van der Waals surface area contributed by atoms with Gasteiger partial charge in [-0.15, -0.1) is 0 Å². The number of aromatic nitrogens is 3. The maximum atomic E-state index is 12.5. The van der Waals surface area contributed by atoms with Crippen molar-refractivity contribution >= 4 is 11.9 Å². The molecule has 0 saturated heterocycles. The molecule has 0 radical (unpaired) electrons. The fraction of sp³-hybridized carbons (Fsp3) is 0.667. The van der Waals surface area contributed by atoms with E-state index in [1.807, 2.05) is 13.8 Å². The fourth-order valence-corrected chi connectivity index (χ4v) is 2.45. The molecule has 0 saturated carbocycles. The Kier molecular flexibility index (Phi) is 10.2. The first kappa shape index (κ1) is 24.4. The number of carbonyl (C=O) groups is 1. The quantitative estimate of drug-likeness (QED) is 0.221. The molecule has 29 heavy (non-hydrogen) atoms. The third-order valence-corrected chi connectivity index (χ3v) is 3.83. The molecule has 1 atom stereocenters. The molecular weight excluding hydrogens is 389 g/mol. The van der Waals surface area contributed by atoms with E-state index < -0.39 is 24.7 Å². The zero-order chi connectivity index (χ0) is 21.9. The van der Waals surface area contributed by atoms with E-state index in [2.05, 4.69) is 20.7 Å². The van der Waals surface area contributed by atoms with Crippen molar-refractivity contribution in [2.45, 2.75) is 64.7 Å². The van der Waals surface area contributed by atoms with Gasteiger partial charge in [-0.25, -0.2) is 14.5 Å². The van der Waals surface area contributed by atoms with E-state index >= 15 is 0 Å². The van der Waals surface area contributed by atoms with E-state index in [4.69, 9.17) is 10.1 Å². The van der Waals surface area contributed by atoms with Crippen LogP contribution >= 0.6 is 0 Å². The highest BCUT2D eigenvalue weighted by Gasteiger charge is 2.28. The summed E-state index contributed by atoms with van der Waals surface area (Å²) in [5, 5.41) is 17.0. The average Bonchev–Trinajstić information content (AvgIpc) is 3.11. The number of rotatable bonds is 11. The molecule has 0 aliphatic heterocycles. The third-order valence-electron chi connectivity index (χ3n) is 3.83. The minimum Gasteiger partial charge on any atom is -0.475 e. The SMILES string of the molecule is CCNC(=O)N[C@H](C/C=C/CCOC(=N)c1ncnn1C(C)C)CCC(F)(F)F. The van der Waals surface area contributed by atoms with Crippen LogP contribution in [0.1, 0.15) is 58.3 Å². The van der Waals surface area contributed by atoms with Gasteiger partial charge in [0.15, 0.2) is 0 Å². The number of nitrogens with zero attached hydrogens (tertiary/aromatic N) is 3. The van der Waals surface area contributed by atoms with E-state index in [0.717, 1.165) is 0 Å². The van der Waals surface area contributed by atoms with E-state index in [-0.39, 0.29) is 31.4 Å². The second-order valence-electron chi connectivity index (χ2n) is 6.65. The van der Waals surface area contributed by atoms with Gasteiger partial charge in [-0.05, 0) is 40.0 Å². The van der Waals surface area contributed by atoms with Crippen molar-refractivity contribution in [3.05, 3.63) is 24.3 Å². The summed E-state index contributed by atoms with van der Waals surface area (Å²) < 4.78 is 44.3. The van der Waals surface area contributed by atoms with Crippen LogP contribution in [0.2, 0.25) is 0 Å². The van der Waals surface area contributed by atoms with Gasteiger partial charge in [-0.1, -0.05) is 12.2 Å². The minimum atomic E-state index is -4.27. The third kappa shape index (κ3) is 9.95. The molecule has 0 unspecified atom stereocenters. The van der Waals surface area contributed by atoms with Crippen molar-refractivity contribution in [3.63, 3.8) is 0 Å². The van der Waals surface area contributed by atoms with E-state index in [1.165, 1.54) is 6.33 Å². The van der Waals surface area contributed by atoms with Crippen LogP contribution in [0.15, 0.2) is 18.5 Å². The van der Waals surface area contributed by atoms with Gasteiger partial charge in [0.1, 0.15) is 6.33 Å². The smallest absolute Gasteiger partial charge is 0.389 e. The molecule has 0 aromatic carbocycles. The molecule has 0 fully saturated rings. The summed E-state index contributed by atoms with van der Waals surface area (Å²) in [7, 11) is 0. The van der Waals surface area contributed by atoms with Crippen LogP contribution in [-0.2, 0) is 4.74 Å². The topological polar surface area (TPSA) is 105 Å². The van der Waals surface area contributed by atoms with Gasteiger partial charge < -0.3 is 15.4 Å². The minimum absolute atomic E-state index is 0.0439. The molecule has 0 bridgehead atoms.